The highest BCUT2D eigenvalue weighted by molar-refractivity contribution is 5.89. The van der Waals surface area contributed by atoms with Crippen LogP contribution in [-0.2, 0) is 16.1 Å². The summed E-state index contributed by atoms with van der Waals surface area (Å²) in [7, 11) is 1.70. The van der Waals surface area contributed by atoms with Gasteiger partial charge in [-0.15, -0.1) is 0 Å². The van der Waals surface area contributed by atoms with Gasteiger partial charge in [-0.3, -0.25) is 9.59 Å². The van der Waals surface area contributed by atoms with Gasteiger partial charge in [-0.1, -0.05) is 49.1 Å². The molecule has 1 unspecified atom stereocenters. The third-order valence-corrected chi connectivity index (χ3v) is 3.85. The van der Waals surface area contributed by atoms with Gasteiger partial charge in [0.25, 0.3) is 5.91 Å². The molecular weight excluding hydrogens is 328 g/mol. The van der Waals surface area contributed by atoms with Gasteiger partial charge in [-0.25, -0.2) is 0 Å². The zero-order valence-corrected chi connectivity index (χ0v) is 15.0. The summed E-state index contributed by atoms with van der Waals surface area (Å²) >= 11 is 0. The molecule has 0 spiro atoms. The van der Waals surface area contributed by atoms with Gasteiger partial charge < -0.3 is 21.3 Å². The summed E-state index contributed by atoms with van der Waals surface area (Å²) < 4.78 is 0. The second-order valence-electron chi connectivity index (χ2n) is 6.01. The lowest BCUT2D eigenvalue weighted by atomic mass is 10.1. The molecule has 0 fully saturated rings. The number of benzene rings is 2. The van der Waals surface area contributed by atoms with E-state index in [0.717, 1.165) is 11.1 Å². The van der Waals surface area contributed by atoms with E-state index in [0.29, 0.717) is 17.9 Å². The second kappa shape index (κ2) is 8.71. The number of hydrogen-bond donors (Lipinski definition) is 3. The molecule has 2 rings (SSSR count). The van der Waals surface area contributed by atoms with E-state index in [1.807, 2.05) is 30.3 Å². The number of rotatable bonds is 7. The molecule has 0 saturated heterocycles. The third-order valence-electron chi connectivity index (χ3n) is 3.85. The quantitative estimate of drug-likeness (QED) is 0.528. The molecule has 0 aliphatic heterocycles. The Bertz CT molecular complexity index is 790. The van der Waals surface area contributed by atoms with Gasteiger partial charge in [0.2, 0.25) is 5.91 Å². The maximum absolute atomic E-state index is 12.8. The number of nitrogen functional groups attached to an aromatic ring is 1. The minimum atomic E-state index is -0.893. The van der Waals surface area contributed by atoms with Crippen molar-refractivity contribution in [3.05, 3.63) is 66.2 Å². The molecule has 0 aromatic heterocycles. The van der Waals surface area contributed by atoms with E-state index in [-0.39, 0.29) is 11.8 Å². The van der Waals surface area contributed by atoms with Crippen LogP contribution in [0.5, 0.6) is 0 Å². The molecule has 0 saturated carbocycles. The van der Waals surface area contributed by atoms with Crippen LogP contribution in [0.25, 0.3) is 6.08 Å². The Morgan fingerprint density at radius 2 is 1.92 bits per heavy atom. The largest absolute Gasteiger partial charge is 0.398 e. The monoisotopic (exact) mass is 352 g/mol. The number of nitrogens with two attached hydrogens (primary N) is 1. The fraction of sp³-hybridized carbons (Fsp3) is 0.200. The van der Waals surface area contributed by atoms with Crippen molar-refractivity contribution in [3.63, 3.8) is 0 Å². The lowest BCUT2D eigenvalue weighted by Crippen LogP contribution is -2.51. The van der Waals surface area contributed by atoms with E-state index >= 15 is 0 Å². The normalized spacial score (nSPS) is 11.3. The second-order valence-corrected chi connectivity index (χ2v) is 6.01. The van der Waals surface area contributed by atoms with Crippen molar-refractivity contribution in [1.29, 1.82) is 0 Å². The van der Waals surface area contributed by atoms with Crippen LogP contribution in [0.4, 0.5) is 11.4 Å². The molecule has 6 heteroatoms. The Morgan fingerprint density at radius 3 is 2.50 bits per heavy atom. The van der Waals surface area contributed by atoms with Crippen LogP contribution in [-0.4, -0.2) is 29.9 Å². The molecule has 0 aliphatic carbocycles. The molecular formula is C20H24N4O2. The Kier molecular flexibility index (Phi) is 6.38. The zero-order valence-electron chi connectivity index (χ0n) is 15.0. The van der Waals surface area contributed by atoms with Crippen molar-refractivity contribution in [3.8, 4) is 0 Å². The fourth-order valence-electron chi connectivity index (χ4n) is 2.54. The first-order valence-electron chi connectivity index (χ1n) is 8.25. The molecule has 2 amide bonds. The number of likely N-dealkylation sites (N-methyl/N-ethyl adjacent to an activating group) is 1. The predicted octanol–water partition coefficient (Wildman–Crippen LogP) is 2.44. The smallest absolute Gasteiger partial charge is 0.265 e. The summed E-state index contributed by atoms with van der Waals surface area (Å²) in [5, 5.41) is 5.67. The minimum Gasteiger partial charge on any atom is -0.398 e. The number of nitrogens with one attached hydrogen (secondary N) is 2. The van der Waals surface area contributed by atoms with Gasteiger partial charge in [0.05, 0.1) is 0 Å². The third kappa shape index (κ3) is 5.11. The van der Waals surface area contributed by atoms with E-state index in [1.54, 1.807) is 36.2 Å². The molecule has 136 valence electrons. The summed E-state index contributed by atoms with van der Waals surface area (Å²) in [6.45, 7) is 5.50. The molecule has 6 nitrogen and oxygen atoms in total. The molecule has 2 aromatic rings. The van der Waals surface area contributed by atoms with E-state index < -0.39 is 6.17 Å². The lowest BCUT2D eigenvalue weighted by molar-refractivity contribution is -0.134. The van der Waals surface area contributed by atoms with Gasteiger partial charge in [0, 0.05) is 31.9 Å². The van der Waals surface area contributed by atoms with Crippen LogP contribution in [0.15, 0.2) is 55.1 Å². The van der Waals surface area contributed by atoms with E-state index in [9.17, 15) is 9.59 Å². The Balaban J connectivity index is 2.15. The van der Waals surface area contributed by atoms with Crippen LogP contribution in [0.3, 0.4) is 0 Å². The SMILES string of the molecule is C=Cc1ccc(NC(NC(C)=O)C(=O)N(C)Cc2ccccc2)cc1N. The lowest BCUT2D eigenvalue weighted by Gasteiger charge is -2.26. The molecule has 1 atom stereocenters. The number of carbonyl (C=O) groups excluding carboxylic acids is 2. The van der Waals surface area contributed by atoms with Crippen molar-refractivity contribution in [2.45, 2.75) is 19.6 Å². The predicted molar refractivity (Wildman–Crippen MR) is 105 cm³/mol. The summed E-state index contributed by atoms with van der Waals surface area (Å²) in [5.41, 5.74) is 8.93. The average molecular weight is 352 g/mol. The van der Waals surface area contributed by atoms with Crippen LogP contribution >= 0.6 is 0 Å². The van der Waals surface area contributed by atoms with Crippen molar-refractivity contribution in [1.82, 2.24) is 10.2 Å². The summed E-state index contributed by atoms with van der Waals surface area (Å²) in [6.07, 6.45) is 0.763. The van der Waals surface area contributed by atoms with Crippen molar-refractivity contribution >= 4 is 29.3 Å². The number of anilines is 2. The maximum Gasteiger partial charge on any atom is 0.265 e. The fourth-order valence-corrected chi connectivity index (χ4v) is 2.54. The molecule has 0 bridgehead atoms. The molecule has 0 radical (unpaired) electrons. The average Bonchev–Trinajstić information content (AvgIpc) is 2.61. The van der Waals surface area contributed by atoms with E-state index in [4.69, 9.17) is 5.73 Å². The Hall–Kier alpha value is -3.28. The summed E-state index contributed by atoms with van der Waals surface area (Å²) in [6, 6.07) is 14.9. The highest BCUT2D eigenvalue weighted by atomic mass is 16.2. The van der Waals surface area contributed by atoms with Crippen LogP contribution in [0, 0.1) is 0 Å². The van der Waals surface area contributed by atoms with Crippen LogP contribution < -0.4 is 16.4 Å². The first-order chi connectivity index (χ1) is 12.4. The number of amides is 2. The topological polar surface area (TPSA) is 87.5 Å². The van der Waals surface area contributed by atoms with Crippen molar-refractivity contribution in [2.75, 3.05) is 18.1 Å². The Labute approximate surface area is 153 Å². The highest BCUT2D eigenvalue weighted by Crippen LogP contribution is 2.19. The highest BCUT2D eigenvalue weighted by Gasteiger charge is 2.23. The molecule has 0 aliphatic rings. The van der Waals surface area contributed by atoms with Gasteiger partial charge in [0.1, 0.15) is 0 Å². The van der Waals surface area contributed by atoms with Gasteiger partial charge in [0.15, 0.2) is 6.17 Å². The zero-order chi connectivity index (χ0) is 19.1. The van der Waals surface area contributed by atoms with Gasteiger partial charge in [-0.05, 0) is 23.3 Å². The van der Waals surface area contributed by atoms with E-state index in [2.05, 4.69) is 17.2 Å². The number of nitrogens with zero attached hydrogens (tertiary/aromatic N) is 1. The Morgan fingerprint density at radius 1 is 1.23 bits per heavy atom. The van der Waals surface area contributed by atoms with Crippen molar-refractivity contribution < 1.29 is 9.59 Å². The molecule has 26 heavy (non-hydrogen) atoms. The standard InChI is InChI=1S/C20H24N4O2/c1-4-16-10-11-17(12-18(16)21)23-19(22-14(2)25)20(26)24(3)13-15-8-6-5-7-9-15/h4-12,19,23H,1,13,21H2,2-3H3,(H,22,25). The van der Waals surface area contributed by atoms with Crippen LogP contribution in [0.2, 0.25) is 0 Å². The number of hydrogen-bond acceptors (Lipinski definition) is 4. The minimum absolute atomic E-state index is 0.254. The summed E-state index contributed by atoms with van der Waals surface area (Å²) in [5.74, 6) is -0.560. The number of carbonyl (C=O) groups is 2. The first kappa shape index (κ1) is 19.1. The summed E-state index contributed by atoms with van der Waals surface area (Å²) in [4.78, 5) is 25.9. The van der Waals surface area contributed by atoms with Crippen molar-refractivity contribution in [2.24, 2.45) is 0 Å². The molecule has 2 aromatic carbocycles. The van der Waals surface area contributed by atoms with Gasteiger partial charge >= 0.3 is 0 Å². The van der Waals surface area contributed by atoms with E-state index in [1.165, 1.54) is 6.92 Å². The maximum atomic E-state index is 12.8. The van der Waals surface area contributed by atoms with Gasteiger partial charge in [-0.2, -0.15) is 0 Å². The van der Waals surface area contributed by atoms with Crippen LogP contribution in [0.1, 0.15) is 18.1 Å². The molecule has 4 N–H and O–H groups in total. The molecule has 0 heterocycles. The first-order valence-corrected chi connectivity index (χ1v) is 8.25.